The first-order valence-corrected chi connectivity index (χ1v) is 19.1. The van der Waals surface area contributed by atoms with Crippen LogP contribution in [0.2, 0.25) is 0 Å². The lowest BCUT2D eigenvalue weighted by Gasteiger charge is -2.28. The van der Waals surface area contributed by atoms with Crippen molar-refractivity contribution in [1.29, 1.82) is 0 Å². The second kappa shape index (κ2) is 18.3. The maximum atomic E-state index is 13.8. The van der Waals surface area contributed by atoms with Gasteiger partial charge in [0.2, 0.25) is 0 Å². The van der Waals surface area contributed by atoms with Gasteiger partial charge in [-0.15, -0.1) is 0 Å². The predicted octanol–water partition coefficient (Wildman–Crippen LogP) is 6.85. The van der Waals surface area contributed by atoms with Crippen molar-refractivity contribution in [3.63, 3.8) is 0 Å². The van der Waals surface area contributed by atoms with Gasteiger partial charge in [-0.3, -0.25) is 14.9 Å². The van der Waals surface area contributed by atoms with E-state index in [9.17, 15) is 24.9 Å². The van der Waals surface area contributed by atoms with Crippen molar-refractivity contribution in [2.24, 2.45) is 5.73 Å². The Bertz CT molecular complexity index is 2050. The third kappa shape index (κ3) is 9.88. The number of aromatic amines is 1. The molecule has 1 aliphatic heterocycles. The maximum absolute atomic E-state index is 13.8. The normalized spacial score (nSPS) is 17.2. The number of nitrogens with one attached hydrogen (secondary N) is 2. The molecule has 7 N–H and O–H groups in total. The molecule has 3 aromatic carbocycles. The Labute approximate surface area is 317 Å². The maximum Gasteiger partial charge on any atom is 0.165 e. The summed E-state index contributed by atoms with van der Waals surface area (Å²) in [5.74, 6) is 6.65. The van der Waals surface area contributed by atoms with Crippen LogP contribution >= 0.6 is 0 Å². The molecule has 9 heteroatoms. The molecule has 0 spiro atoms. The smallest absolute Gasteiger partial charge is 0.165 e. The second-order valence-corrected chi connectivity index (χ2v) is 14.5. The van der Waals surface area contributed by atoms with Gasteiger partial charge in [-0.05, 0) is 103 Å². The number of aromatic nitrogens is 1. The van der Waals surface area contributed by atoms with E-state index in [1.165, 1.54) is 0 Å². The van der Waals surface area contributed by atoms with Gasteiger partial charge in [0.1, 0.15) is 5.75 Å². The number of hydrogen-bond donors (Lipinski definition) is 6. The zero-order valence-corrected chi connectivity index (χ0v) is 31.0. The Balaban J connectivity index is 1.14. The lowest BCUT2D eigenvalue weighted by Crippen LogP contribution is -2.35. The summed E-state index contributed by atoms with van der Waals surface area (Å²) in [6.45, 7) is 2.81. The van der Waals surface area contributed by atoms with Crippen LogP contribution in [0.5, 0.6) is 17.2 Å². The number of unbranched alkanes of at least 4 members (excludes halogenated alkanes) is 3. The number of aryl methyl sites for hydroxylation is 1. The van der Waals surface area contributed by atoms with Crippen molar-refractivity contribution in [1.82, 2.24) is 10.3 Å². The number of carbonyl (C=O) groups excluding carboxylic acids is 2. The third-order valence-electron chi connectivity index (χ3n) is 10.4. The molecule has 282 valence electrons. The molecule has 54 heavy (non-hydrogen) atoms. The molecule has 9 nitrogen and oxygen atoms in total. The van der Waals surface area contributed by atoms with Crippen LogP contribution < -0.4 is 15.8 Å². The average Bonchev–Trinajstić information content (AvgIpc) is 3.63. The van der Waals surface area contributed by atoms with Crippen molar-refractivity contribution >= 4 is 11.6 Å². The molecular formula is C45H51N3O6. The van der Waals surface area contributed by atoms with E-state index in [0.29, 0.717) is 42.6 Å². The summed E-state index contributed by atoms with van der Waals surface area (Å²) in [6.07, 6.45) is 12.2. The van der Waals surface area contributed by atoms with Crippen molar-refractivity contribution in [2.75, 3.05) is 13.2 Å². The molecule has 3 atom stereocenters. The lowest BCUT2D eigenvalue weighted by atomic mass is 9.79. The van der Waals surface area contributed by atoms with Gasteiger partial charge in [0, 0.05) is 60.3 Å². The fraction of sp³-hybridized carbons (Fsp3) is 0.378. The van der Waals surface area contributed by atoms with Gasteiger partial charge in [0.15, 0.2) is 23.1 Å². The number of allylic oxidation sites excluding steroid dienone is 2. The number of hydrogen-bond acceptors (Lipinski definition) is 8. The molecular weight excluding hydrogens is 679 g/mol. The van der Waals surface area contributed by atoms with Crippen molar-refractivity contribution < 1.29 is 29.6 Å². The number of aliphatic hydroxyl groups excluding tert-OH is 1. The number of fused-ring (bicyclic) bond motifs is 3. The van der Waals surface area contributed by atoms with Gasteiger partial charge in [-0.25, -0.2) is 0 Å². The Morgan fingerprint density at radius 2 is 1.81 bits per heavy atom. The Hall–Kier alpha value is -5.14. The Morgan fingerprint density at radius 1 is 1.00 bits per heavy atom. The van der Waals surface area contributed by atoms with Crippen LogP contribution in [-0.2, 0) is 30.5 Å². The van der Waals surface area contributed by atoms with E-state index in [-0.39, 0.29) is 48.4 Å². The molecule has 1 aliphatic carbocycles. The first kappa shape index (κ1) is 38.6. The zero-order valence-electron chi connectivity index (χ0n) is 31.0. The molecule has 6 rings (SSSR count). The number of ether oxygens (including phenoxy) is 1. The van der Waals surface area contributed by atoms with Crippen molar-refractivity contribution in [3.05, 3.63) is 123 Å². The molecule has 0 bridgehead atoms. The van der Waals surface area contributed by atoms with E-state index in [4.69, 9.17) is 10.5 Å². The number of ketones is 2. The first-order chi connectivity index (χ1) is 26.2. The molecule has 0 saturated heterocycles. The van der Waals surface area contributed by atoms with Gasteiger partial charge in [-0.1, -0.05) is 55.0 Å². The summed E-state index contributed by atoms with van der Waals surface area (Å²) in [5.41, 5.74) is 14.1. The molecule has 0 amide bonds. The summed E-state index contributed by atoms with van der Waals surface area (Å²) < 4.78 is 6.05. The topological polar surface area (TPSA) is 158 Å². The molecule has 2 aliphatic rings. The molecule has 0 fully saturated rings. The molecule has 3 unspecified atom stereocenters. The van der Waals surface area contributed by atoms with Crippen LogP contribution in [0.25, 0.3) is 0 Å². The molecule has 2 heterocycles. The van der Waals surface area contributed by atoms with Crippen LogP contribution in [0.4, 0.5) is 0 Å². The fourth-order valence-corrected chi connectivity index (χ4v) is 7.37. The summed E-state index contributed by atoms with van der Waals surface area (Å²) in [6, 6.07) is 16.6. The highest BCUT2D eigenvalue weighted by Gasteiger charge is 2.29. The van der Waals surface area contributed by atoms with Crippen molar-refractivity contribution in [3.8, 4) is 29.1 Å². The van der Waals surface area contributed by atoms with E-state index < -0.39 is 5.92 Å². The summed E-state index contributed by atoms with van der Waals surface area (Å²) in [7, 11) is 0. The quantitative estimate of drug-likeness (QED) is 0.0441. The van der Waals surface area contributed by atoms with Crippen LogP contribution in [0.3, 0.4) is 0 Å². The average molecular weight is 730 g/mol. The molecule has 1 aromatic heterocycles. The number of carbonyl (C=O) groups is 2. The highest BCUT2D eigenvalue weighted by molar-refractivity contribution is 5.98. The number of rotatable bonds is 15. The summed E-state index contributed by atoms with van der Waals surface area (Å²) in [5, 5.41) is 34.5. The van der Waals surface area contributed by atoms with Crippen molar-refractivity contribution in [2.45, 2.75) is 95.7 Å². The monoisotopic (exact) mass is 729 g/mol. The van der Waals surface area contributed by atoms with E-state index in [1.54, 1.807) is 49.5 Å². The van der Waals surface area contributed by atoms with Crippen LogP contribution in [0.1, 0.15) is 119 Å². The van der Waals surface area contributed by atoms with Crippen LogP contribution in [0, 0.1) is 11.8 Å². The third-order valence-corrected chi connectivity index (χ3v) is 10.4. The van der Waals surface area contributed by atoms with Crippen LogP contribution in [-0.4, -0.2) is 51.1 Å². The number of Topliss-reactive ketones (excluding diaryl/α,β-unsaturated/α-hetero) is 1. The largest absolute Gasteiger partial charge is 0.508 e. The number of nitrogens with two attached hydrogens (primary N) is 1. The molecule has 4 aromatic rings. The second-order valence-electron chi connectivity index (χ2n) is 14.5. The number of phenols is 2. The van der Waals surface area contributed by atoms with Gasteiger partial charge in [-0.2, -0.15) is 0 Å². The summed E-state index contributed by atoms with van der Waals surface area (Å²) >= 11 is 0. The van der Waals surface area contributed by atoms with Gasteiger partial charge < -0.3 is 30.8 Å². The van der Waals surface area contributed by atoms with Gasteiger partial charge in [0.25, 0.3) is 0 Å². The number of H-pyrrole nitrogens is 1. The Kier molecular flexibility index (Phi) is 13.0. The zero-order chi connectivity index (χ0) is 38.0. The van der Waals surface area contributed by atoms with E-state index in [1.807, 2.05) is 24.3 Å². The summed E-state index contributed by atoms with van der Waals surface area (Å²) in [4.78, 5) is 29.5. The SMILES string of the molecule is CC(O)CCCCCC=CC(=O)CCc1ccc(O)c(OCCc2ccc(O)c(C3CC(=O)c4cc[nH]c4CC#Cc4cc5c(cc43)CCNC5N)c2)c1. The lowest BCUT2D eigenvalue weighted by molar-refractivity contribution is -0.114. The minimum atomic E-state index is -0.459. The number of aromatic hydroxyl groups is 2. The predicted molar refractivity (Wildman–Crippen MR) is 210 cm³/mol. The molecule has 0 saturated carbocycles. The number of benzene rings is 3. The van der Waals surface area contributed by atoms with Crippen LogP contribution in [0.15, 0.2) is 72.9 Å². The van der Waals surface area contributed by atoms with Gasteiger partial charge >= 0.3 is 0 Å². The van der Waals surface area contributed by atoms with E-state index in [2.05, 4.69) is 28.2 Å². The highest BCUT2D eigenvalue weighted by Crippen LogP contribution is 2.40. The first-order valence-electron chi connectivity index (χ1n) is 19.1. The Morgan fingerprint density at radius 3 is 2.65 bits per heavy atom. The van der Waals surface area contributed by atoms with E-state index in [0.717, 1.165) is 84.1 Å². The number of aliphatic hydroxyl groups is 1. The minimum Gasteiger partial charge on any atom is -0.508 e. The molecule has 0 radical (unpaired) electrons. The van der Waals surface area contributed by atoms with Gasteiger partial charge in [0.05, 0.1) is 25.3 Å². The standard InChI is InChI=1S/C45H51N3O6/c1-29(49)8-5-3-2-4-6-10-34(50)15-12-30-14-17-42(52)44(25-30)54-23-20-31-13-16-41(51)39(24-31)38-28-43(53)35-19-22-47-40(35)11-7-9-32-27-37-33(26-36(32)38)18-21-48-45(37)46/h6,10,13-14,16-17,19,22,24-27,29,38,45,47-49,51-52H,2-5,8,11-12,15,18,20-21,23,28,46H2,1H3. The number of phenolic OH excluding ortho intramolecular Hbond substituents is 2. The fourth-order valence-electron chi connectivity index (χ4n) is 7.37. The minimum absolute atomic E-state index is 0.0204. The van der Waals surface area contributed by atoms with E-state index >= 15 is 0 Å². The highest BCUT2D eigenvalue weighted by atomic mass is 16.5.